The van der Waals surface area contributed by atoms with Gasteiger partial charge in [-0.25, -0.2) is 20.8 Å². The Kier molecular flexibility index (Phi) is 24.5. The molecule has 398 valence electrons. The molecule has 3 aliphatic rings. The lowest BCUT2D eigenvalue weighted by Crippen LogP contribution is -2.46. The maximum atomic E-state index is 13.1. The Morgan fingerprint density at radius 3 is 1.62 bits per heavy atom. The Hall–Kier alpha value is -4.56. The molecule has 3 aliphatic heterocycles. The first-order valence-electron chi connectivity index (χ1n) is 24.1. The quantitative estimate of drug-likeness (QED) is 0.0305. The number of benzene rings is 2. The second-order valence-electron chi connectivity index (χ2n) is 17.9. The number of methoxy groups -OCH3 is 1. The van der Waals surface area contributed by atoms with Crippen LogP contribution in [0.3, 0.4) is 0 Å². The third-order valence-corrected chi connectivity index (χ3v) is 14.7. The summed E-state index contributed by atoms with van der Waals surface area (Å²) < 4.78 is 8.72. The van der Waals surface area contributed by atoms with Crippen molar-refractivity contribution in [1.29, 1.82) is 5.41 Å². The fourth-order valence-electron chi connectivity index (χ4n) is 8.33. The van der Waals surface area contributed by atoms with Crippen molar-refractivity contribution >= 4 is 112 Å². The van der Waals surface area contributed by atoms with E-state index >= 15 is 0 Å². The molecule has 7 rings (SSSR count). The topological polar surface area (TPSA) is 300 Å². The van der Waals surface area contributed by atoms with Crippen LogP contribution in [0.5, 0.6) is 0 Å². The number of aliphatic hydroxyl groups is 3. The lowest BCUT2D eigenvalue weighted by Gasteiger charge is -2.29. The van der Waals surface area contributed by atoms with Crippen LogP contribution in [0.25, 0.3) is 21.8 Å². The molecule has 6 atom stereocenters. The molecule has 3 fully saturated rings. The van der Waals surface area contributed by atoms with Crippen LogP contribution in [0.1, 0.15) is 90.4 Å². The molecular formula is C48H64Br2Cl2N12O9. The van der Waals surface area contributed by atoms with Crippen LogP contribution in [0.4, 0.5) is 0 Å². The number of hydrogen-bond donors (Lipinski definition) is 9. The first-order chi connectivity index (χ1) is 35.0. The number of nitrogens with zero attached hydrogens (tertiary/aromatic N) is 6. The van der Waals surface area contributed by atoms with Gasteiger partial charge in [0.05, 0.1) is 94.4 Å². The molecule has 2 unspecified atom stereocenters. The number of aliphatic hydroxyl groups excluding tert-OH is 3. The number of aromatic nitrogens is 4. The Morgan fingerprint density at radius 2 is 1.19 bits per heavy atom. The number of nitrogens with one attached hydrogen (secondary N) is 6. The Morgan fingerprint density at radius 1 is 0.753 bits per heavy atom. The number of rotatable bonds is 17. The SMILES string of the molecule is CC(=O)N/N=C(/C[C@H]1NCCCC1O)Cn1cnc2cc(Br)c(Cl)cc2c1=O.COC(=O)CCCCC(=O)N/N=C(/C[C@H]1NCCCC1O)Cn1cnc2cc(Br)c(Cl)cc2c1=O.N=CC[C@H]1NCCC[C@@H]1O. The molecule has 0 spiro atoms. The average Bonchev–Trinajstić information content (AvgIpc) is 3.36. The van der Waals surface area contributed by atoms with Gasteiger partial charge in [0, 0.05) is 59.7 Å². The van der Waals surface area contributed by atoms with Gasteiger partial charge in [-0.15, -0.1) is 0 Å². The Balaban J connectivity index is 0.000000231. The number of carbonyl (C=O) groups excluding carboxylic acids is 3. The van der Waals surface area contributed by atoms with Gasteiger partial charge in [-0.2, -0.15) is 10.2 Å². The Bertz CT molecular complexity index is 2730. The van der Waals surface area contributed by atoms with Crippen LogP contribution in [-0.2, 0) is 32.2 Å². The molecule has 73 heavy (non-hydrogen) atoms. The molecule has 4 aromatic rings. The first kappa shape index (κ1) is 59.3. The molecule has 0 aliphatic carbocycles. The summed E-state index contributed by atoms with van der Waals surface area (Å²) in [6.45, 7) is 4.14. The van der Waals surface area contributed by atoms with E-state index in [2.05, 4.69) is 83.6 Å². The van der Waals surface area contributed by atoms with Crippen LogP contribution in [0, 0.1) is 5.41 Å². The highest BCUT2D eigenvalue weighted by atomic mass is 79.9. The van der Waals surface area contributed by atoms with E-state index < -0.39 is 12.2 Å². The first-order valence-corrected chi connectivity index (χ1v) is 26.5. The van der Waals surface area contributed by atoms with Crippen molar-refractivity contribution in [3.05, 3.63) is 76.6 Å². The van der Waals surface area contributed by atoms with Crippen LogP contribution in [0.2, 0.25) is 10.0 Å². The van der Waals surface area contributed by atoms with Crippen molar-refractivity contribution in [2.75, 3.05) is 26.7 Å². The van der Waals surface area contributed by atoms with E-state index in [4.69, 9.17) is 28.6 Å². The van der Waals surface area contributed by atoms with Gasteiger partial charge in [-0.1, -0.05) is 23.2 Å². The minimum atomic E-state index is -0.550. The molecule has 0 bridgehead atoms. The lowest BCUT2D eigenvalue weighted by atomic mass is 9.96. The van der Waals surface area contributed by atoms with Gasteiger partial charge in [0.25, 0.3) is 11.1 Å². The van der Waals surface area contributed by atoms with E-state index in [0.29, 0.717) is 97.2 Å². The van der Waals surface area contributed by atoms with Gasteiger partial charge < -0.3 is 41.4 Å². The standard InChI is InChI=1S/C23H29BrClN5O5.C18H21BrClN5O3.C7H14N2O/c1-35-22(33)7-3-2-6-21(32)29-28-14(9-19-20(31)5-4-8-26-19)12-30-13-27-18-11-16(24)17(25)10-15(18)23(30)34;1-10(26)23-24-11(5-16-17(27)3-2-4-21-16)8-25-9-22-15-7-13(19)14(20)6-12(15)18(25)28;8-4-3-6-7(10)2-1-5-9-6/h10-11,13,19-20,26,31H,2-9,12H2,1H3,(H,29,32);6-7,9,16-17,21,27H,2-5,8H2,1H3,(H,23,26);4,6-10H,1-3,5H2/b28-14-;24-11-;/t19-,20?;16-,17?;6-,7+/m111/s1. The minimum absolute atomic E-state index is 0.0863. The van der Waals surface area contributed by atoms with E-state index in [1.54, 1.807) is 24.3 Å². The number of ether oxygens (including phenoxy) is 1. The summed E-state index contributed by atoms with van der Waals surface area (Å²) in [4.78, 5) is 69.4. The number of piperidine rings is 3. The molecule has 9 N–H and O–H groups in total. The van der Waals surface area contributed by atoms with Crippen molar-refractivity contribution in [3.8, 4) is 0 Å². The maximum absolute atomic E-state index is 13.1. The smallest absolute Gasteiger partial charge is 0.305 e. The van der Waals surface area contributed by atoms with Crippen molar-refractivity contribution in [1.82, 2.24) is 45.9 Å². The molecule has 3 saturated heterocycles. The second kappa shape index (κ2) is 30.1. The molecule has 5 heterocycles. The third kappa shape index (κ3) is 18.7. The van der Waals surface area contributed by atoms with Crippen LogP contribution in [0.15, 0.2) is 65.7 Å². The molecule has 2 amide bonds. The maximum Gasteiger partial charge on any atom is 0.305 e. The number of hydrogen-bond acceptors (Lipinski definition) is 17. The number of halogens is 4. The molecule has 2 aromatic carbocycles. The zero-order chi connectivity index (χ0) is 53.0. The van der Waals surface area contributed by atoms with Gasteiger partial charge in [-0.05, 0) is 140 Å². The minimum Gasteiger partial charge on any atom is -0.469 e. The average molecular weight is 1180 g/mol. The Labute approximate surface area is 449 Å². The number of amides is 2. The predicted octanol–water partition coefficient (Wildman–Crippen LogP) is 4.47. The number of fused-ring (bicyclic) bond motifs is 2. The molecule has 0 radical (unpaired) electrons. The molecule has 0 saturated carbocycles. The van der Waals surface area contributed by atoms with E-state index in [9.17, 15) is 39.3 Å². The van der Waals surface area contributed by atoms with Crippen molar-refractivity contribution in [2.24, 2.45) is 10.2 Å². The summed E-state index contributed by atoms with van der Waals surface area (Å²) in [5, 5.41) is 56.5. The number of esters is 1. The van der Waals surface area contributed by atoms with E-state index in [1.807, 2.05) is 0 Å². The number of unbranched alkanes of at least 4 members (excludes halogenated alkanes) is 1. The summed E-state index contributed by atoms with van der Waals surface area (Å²) in [7, 11) is 1.33. The van der Waals surface area contributed by atoms with Gasteiger partial charge in [0.15, 0.2) is 0 Å². The molecule has 21 nitrogen and oxygen atoms in total. The second-order valence-corrected chi connectivity index (χ2v) is 20.4. The highest BCUT2D eigenvalue weighted by Gasteiger charge is 2.26. The monoisotopic (exact) mass is 1180 g/mol. The van der Waals surface area contributed by atoms with Crippen LogP contribution < -0.4 is 37.9 Å². The zero-order valence-corrected chi connectivity index (χ0v) is 45.4. The highest BCUT2D eigenvalue weighted by molar-refractivity contribution is 9.10. The fourth-order valence-corrected chi connectivity index (χ4v) is 9.32. The van der Waals surface area contributed by atoms with Gasteiger partial charge in [0.1, 0.15) is 0 Å². The molecular weight excluding hydrogens is 1120 g/mol. The summed E-state index contributed by atoms with van der Waals surface area (Å²) >= 11 is 18.9. The normalized spacial score (nSPS) is 21.3. The van der Waals surface area contributed by atoms with Crippen molar-refractivity contribution in [2.45, 2.75) is 140 Å². The third-order valence-electron chi connectivity index (χ3n) is 12.3. The highest BCUT2D eigenvalue weighted by Crippen LogP contribution is 2.27. The lowest BCUT2D eigenvalue weighted by molar-refractivity contribution is -0.140. The van der Waals surface area contributed by atoms with E-state index in [1.165, 1.54) is 42.0 Å². The largest absolute Gasteiger partial charge is 0.469 e. The van der Waals surface area contributed by atoms with E-state index in [0.717, 1.165) is 45.3 Å². The summed E-state index contributed by atoms with van der Waals surface area (Å²) in [6, 6.07) is 6.21. The van der Waals surface area contributed by atoms with E-state index in [-0.39, 0.29) is 79.1 Å². The summed E-state index contributed by atoms with van der Waals surface area (Å²) in [6.07, 6.45) is 10.9. The summed E-state index contributed by atoms with van der Waals surface area (Å²) in [5.41, 5.74) is 6.52. The van der Waals surface area contributed by atoms with Crippen LogP contribution in [-0.4, -0.2) is 133 Å². The van der Waals surface area contributed by atoms with Crippen molar-refractivity contribution < 1.29 is 34.4 Å². The zero-order valence-electron chi connectivity index (χ0n) is 40.7. The molecule has 25 heteroatoms. The van der Waals surface area contributed by atoms with Gasteiger partial charge in [-0.3, -0.25) is 33.1 Å². The molecule has 2 aromatic heterocycles. The van der Waals surface area contributed by atoms with Crippen LogP contribution >= 0.6 is 55.1 Å². The number of carbonyl (C=O) groups is 3. The predicted molar refractivity (Wildman–Crippen MR) is 288 cm³/mol. The summed E-state index contributed by atoms with van der Waals surface area (Å²) in [5.74, 6) is -0.923. The van der Waals surface area contributed by atoms with Gasteiger partial charge in [0.2, 0.25) is 11.8 Å². The fraction of sp³-hybridized carbons (Fsp3) is 0.542. The van der Waals surface area contributed by atoms with Gasteiger partial charge >= 0.3 is 5.97 Å². The number of hydrazone groups is 2. The van der Waals surface area contributed by atoms with Crippen molar-refractivity contribution in [3.63, 3.8) is 0 Å².